The van der Waals surface area contributed by atoms with Crippen LogP contribution < -0.4 is 4.72 Å². The van der Waals surface area contributed by atoms with Crippen LogP contribution in [0.2, 0.25) is 0 Å². The van der Waals surface area contributed by atoms with Gasteiger partial charge in [-0.15, -0.1) is 0 Å². The van der Waals surface area contributed by atoms with E-state index in [-0.39, 0.29) is 33.8 Å². The molecule has 12 heteroatoms. The molecule has 2 aromatic carbocycles. The van der Waals surface area contributed by atoms with Gasteiger partial charge in [0.2, 0.25) is 0 Å². The molecule has 0 saturated carbocycles. The van der Waals surface area contributed by atoms with Crippen molar-refractivity contribution in [2.24, 2.45) is 15.2 Å². The number of piperidine rings is 2. The number of nitrogens with zero attached hydrogens (tertiary/aromatic N) is 3. The van der Waals surface area contributed by atoms with Crippen molar-refractivity contribution in [3.05, 3.63) is 70.8 Å². The summed E-state index contributed by atoms with van der Waals surface area (Å²) in [6, 6.07) is 16.8. The highest BCUT2D eigenvalue weighted by atomic mass is 32.2. The summed E-state index contributed by atoms with van der Waals surface area (Å²) < 4.78 is 44.3. The molecule has 2 aliphatic carbocycles. The minimum atomic E-state index is -1.31. The highest BCUT2D eigenvalue weighted by molar-refractivity contribution is 7.85. The summed E-state index contributed by atoms with van der Waals surface area (Å²) >= 11 is 0. The summed E-state index contributed by atoms with van der Waals surface area (Å²) in [7, 11) is -2.46. The zero-order valence-corrected chi connectivity index (χ0v) is 37.5. The van der Waals surface area contributed by atoms with Crippen LogP contribution in [0, 0.1) is 10.8 Å². The molecule has 2 fully saturated rings. The van der Waals surface area contributed by atoms with Gasteiger partial charge in [-0.2, -0.15) is 4.40 Å². The zero-order chi connectivity index (χ0) is 41.5. The Hall–Kier alpha value is -3.09. The molecule has 2 spiro atoms. The van der Waals surface area contributed by atoms with E-state index in [1.54, 1.807) is 4.90 Å². The predicted molar refractivity (Wildman–Crippen MR) is 227 cm³/mol. The van der Waals surface area contributed by atoms with Crippen molar-refractivity contribution in [3.8, 4) is 0 Å². The fraction of sp³-hybridized carbons (Fsp3) is 0.659. The maximum atomic E-state index is 12.9. The van der Waals surface area contributed by atoms with Crippen LogP contribution in [0.4, 0.5) is 9.59 Å². The molecule has 2 heterocycles. The molecular formula is C44H66N4O6S2. The lowest BCUT2D eigenvalue weighted by atomic mass is 9.73. The second-order valence-corrected chi connectivity index (χ2v) is 23.9. The van der Waals surface area contributed by atoms with Gasteiger partial charge >= 0.3 is 12.2 Å². The molecule has 0 bridgehead atoms. The number of hydrogen-bond donors (Lipinski definition) is 1. The van der Waals surface area contributed by atoms with Gasteiger partial charge in [0.1, 0.15) is 22.2 Å². The number of benzene rings is 2. The molecule has 1 N–H and O–H groups in total. The van der Waals surface area contributed by atoms with E-state index in [1.165, 1.54) is 16.7 Å². The third-order valence-corrected chi connectivity index (χ3v) is 14.0. The molecule has 10 nitrogen and oxygen atoms in total. The average molecular weight is 811 g/mol. The SMILES string of the molecule is CC(C)(C)OC(=O)N1CCC2(CC1)Cc1ccccc1C2=N[S@](=O)C(C)(C)C.CC(C)(C)OC(=O)N1CCC2(CC1)Cc1ccccc1[C@H]2N[S@](=O)C(C)(C)C. The third-order valence-electron chi connectivity index (χ3n) is 11.1. The number of nitrogens with one attached hydrogen (secondary N) is 1. The highest BCUT2D eigenvalue weighted by Gasteiger charge is 2.50. The molecule has 0 aromatic heterocycles. The molecule has 6 rings (SSSR count). The molecular weight excluding hydrogens is 745 g/mol. The first-order valence-electron chi connectivity index (χ1n) is 20.1. The van der Waals surface area contributed by atoms with Crippen LogP contribution >= 0.6 is 0 Å². The largest absolute Gasteiger partial charge is 0.444 e. The number of ether oxygens (including phenoxy) is 2. The van der Waals surface area contributed by atoms with Crippen LogP contribution in [-0.2, 0) is 44.3 Å². The number of fused-ring (bicyclic) bond motifs is 2. The molecule has 0 unspecified atom stereocenters. The van der Waals surface area contributed by atoms with Gasteiger partial charge in [0.25, 0.3) is 0 Å². The van der Waals surface area contributed by atoms with Crippen molar-refractivity contribution in [2.75, 3.05) is 26.2 Å². The number of rotatable bonds is 3. The number of hydrogen-bond acceptors (Lipinski definition) is 6. The van der Waals surface area contributed by atoms with Crippen molar-refractivity contribution in [1.82, 2.24) is 14.5 Å². The van der Waals surface area contributed by atoms with E-state index < -0.39 is 37.9 Å². The minimum absolute atomic E-state index is 0.0108. The molecule has 56 heavy (non-hydrogen) atoms. The Kier molecular flexibility index (Phi) is 12.8. The van der Waals surface area contributed by atoms with Crippen LogP contribution in [0.15, 0.2) is 52.9 Å². The van der Waals surface area contributed by atoms with E-state index >= 15 is 0 Å². The Morgan fingerprint density at radius 1 is 0.679 bits per heavy atom. The van der Waals surface area contributed by atoms with Gasteiger partial charge in [-0.05, 0) is 144 Å². The van der Waals surface area contributed by atoms with Crippen LogP contribution in [-0.4, -0.2) is 83.0 Å². The van der Waals surface area contributed by atoms with E-state index in [0.29, 0.717) is 26.2 Å². The molecule has 2 amide bonds. The van der Waals surface area contributed by atoms with Crippen molar-refractivity contribution in [3.63, 3.8) is 0 Å². The maximum absolute atomic E-state index is 12.9. The number of amides is 2. The van der Waals surface area contributed by atoms with Crippen LogP contribution in [0.25, 0.3) is 0 Å². The molecule has 4 aliphatic rings. The Morgan fingerprint density at radius 3 is 1.66 bits per heavy atom. The van der Waals surface area contributed by atoms with E-state index in [4.69, 9.17) is 13.9 Å². The monoisotopic (exact) mass is 810 g/mol. The smallest absolute Gasteiger partial charge is 0.410 e. The van der Waals surface area contributed by atoms with Gasteiger partial charge in [-0.3, -0.25) is 0 Å². The van der Waals surface area contributed by atoms with Crippen molar-refractivity contribution >= 4 is 39.9 Å². The fourth-order valence-electron chi connectivity index (χ4n) is 8.05. The standard InChI is InChI=1S/C22H34N2O3S.C22H32N2O3S/c2*1-20(2,3)27-19(25)24-13-11-22(12-14-24)15-16-9-7-8-10-17(16)18(22)23-28(26)21(4,5)6/h7-10,18,23H,11-15H2,1-6H3;7-10H,11-15H2,1-6H3/t18-,28-;28-/m11/s1. The first-order chi connectivity index (χ1) is 25.8. The average Bonchev–Trinajstić information content (AvgIpc) is 3.54. The lowest BCUT2D eigenvalue weighted by molar-refractivity contribution is 0.00712. The van der Waals surface area contributed by atoms with E-state index in [2.05, 4.69) is 41.1 Å². The van der Waals surface area contributed by atoms with Crippen molar-refractivity contribution in [2.45, 2.75) is 148 Å². The van der Waals surface area contributed by atoms with Gasteiger partial charge in [0, 0.05) is 37.2 Å². The van der Waals surface area contributed by atoms with Gasteiger partial charge in [0.15, 0.2) is 0 Å². The summed E-state index contributed by atoms with van der Waals surface area (Å²) in [6.07, 6.45) is 4.73. The lowest BCUT2D eigenvalue weighted by Crippen LogP contribution is -2.49. The van der Waals surface area contributed by atoms with E-state index in [1.807, 2.05) is 100 Å². The van der Waals surface area contributed by atoms with E-state index in [9.17, 15) is 18.0 Å². The Bertz CT molecular complexity index is 1830. The summed E-state index contributed by atoms with van der Waals surface area (Å²) in [6.45, 7) is 25.8. The second-order valence-electron chi connectivity index (χ2n) is 20.0. The third kappa shape index (κ3) is 10.3. The van der Waals surface area contributed by atoms with Gasteiger partial charge in [-0.25, -0.2) is 22.7 Å². The summed E-state index contributed by atoms with van der Waals surface area (Å²) in [5, 5.41) is 0. The van der Waals surface area contributed by atoms with Crippen molar-refractivity contribution in [1.29, 1.82) is 0 Å². The normalized spacial score (nSPS) is 22.2. The first-order valence-corrected chi connectivity index (χ1v) is 22.4. The minimum Gasteiger partial charge on any atom is -0.444 e. The predicted octanol–water partition coefficient (Wildman–Crippen LogP) is 8.86. The Labute approximate surface area is 341 Å². The Balaban J connectivity index is 0.000000214. The molecule has 2 aliphatic heterocycles. The number of likely N-dealkylation sites (tertiary alicyclic amines) is 2. The molecule has 3 atom stereocenters. The topological polar surface area (TPSA) is 118 Å². The van der Waals surface area contributed by atoms with E-state index in [0.717, 1.165) is 49.8 Å². The van der Waals surface area contributed by atoms with Gasteiger partial charge in [0.05, 0.1) is 32.2 Å². The fourth-order valence-corrected chi connectivity index (χ4v) is 9.73. The summed E-state index contributed by atoms with van der Waals surface area (Å²) in [4.78, 5) is 28.5. The Morgan fingerprint density at radius 2 is 1.16 bits per heavy atom. The summed E-state index contributed by atoms with van der Waals surface area (Å²) in [5.74, 6) is 0. The van der Waals surface area contributed by atoms with Crippen molar-refractivity contribution < 1.29 is 27.5 Å². The summed E-state index contributed by atoms with van der Waals surface area (Å²) in [5.41, 5.74) is 4.79. The lowest BCUT2D eigenvalue weighted by Gasteiger charge is -2.44. The zero-order valence-electron chi connectivity index (χ0n) is 35.9. The highest BCUT2D eigenvalue weighted by Crippen LogP contribution is 2.52. The molecule has 0 radical (unpaired) electrons. The molecule has 310 valence electrons. The van der Waals surface area contributed by atoms with Crippen LogP contribution in [0.5, 0.6) is 0 Å². The molecule has 2 aromatic rings. The quantitative estimate of drug-likeness (QED) is 0.331. The number of carbonyl (C=O) groups is 2. The second kappa shape index (κ2) is 16.3. The van der Waals surface area contributed by atoms with Crippen LogP contribution in [0.1, 0.15) is 137 Å². The van der Waals surface area contributed by atoms with Gasteiger partial charge < -0.3 is 19.3 Å². The maximum Gasteiger partial charge on any atom is 0.410 e. The van der Waals surface area contributed by atoms with Crippen LogP contribution in [0.3, 0.4) is 0 Å². The first kappa shape index (κ1) is 44.0. The van der Waals surface area contributed by atoms with Gasteiger partial charge in [-0.1, -0.05) is 48.5 Å². The number of carbonyl (C=O) groups excluding carboxylic acids is 2. The molecule has 2 saturated heterocycles.